The van der Waals surface area contributed by atoms with Gasteiger partial charge in [0.2, 0.25) is 6.10 Å². The molecule has 1 aromatic rings. The number of carboxylic acid groups (broad SMARTS) is 2. The Morgan fingerprint density at radius 2 is 1.80 bits per heavy atom. The second-order valence-corrected chi connectivity index (χ2v) is 3.23. The van der Waals surface area contributed by atoms with Crippen LogP contribution in [0.25, 0.3) is 0 Å². The van der Waals surface area contributed by atoms with Crippen LogP contribution in [0.15, 0.2) is 24.3 Å². The van der Waals surface area contributed by atoms with Gasteiger partial charge < -0.3 is 14.9 Å². The number of para-hydroxylation sites is 1. The molecule has 5 nitrogen and oxygen atoms in total. The molecule has 0 radical (unpaired) electrons. The zero-order valence-corrected chi connectivity index (χ0v) is 7.58. The normalized spacial score (nSPS) is 22.9. The molecule has 78 valence electrons. The van der Waals surface area contributed by atoms with Gasteiger partial charge in [-0.25, -0.2) is 4.79 Å². The average Bonchev–Trinajstić information content (AvgIpc) is 2.56. The molecule has 2 N–H and O–H groups in total. The maximum atomic E-state index is 10.9. The van der Waals surface area contributed by atoms with E-state index in [1.807, 2.05) is 0 Å². The van der Waals surface area contributed by atoms with Crippen molar-refractivity contribution in [2.24, 2.45) is 0 Å². The smallest absolute Gasteiger partial charge is 0.346 e. The maximum Gasteiger partial charge on any atom is 0.346 e. The highest BCUT2D eigenvalue weighted by molar-refractivity contribution is 5.88. The van der Waals surface area contributed by atoms with Gasteiger partial charge in [-0.3, -0.25) is 4.79 Å². The van der Waals surface area contributed by atoms with Crippen LogP contribution in [0.1, 0.15) is 11.5 Å². The van der Waals surface area contributed by atoms with Crippen LogP contribution in [-0.4, -0.2) is 28.3 Å². The first-order valence-corrected chi connectivity index (χ1v) is 4.32. The SMILES string of the molecule is O=C(O)C1Oc2ccccc2C1C(=O)O. The minimum Gasteiger partial charge on any atom is -0.481 e. The number of hydrogen-bond acceptors (Lipinski definition) is 3. The number of carbonyl (C=O) groups is 2. The number of aliphatic carboxylic acids is 2. The third-order valence-electron chi connectivity index (χ3n) is 2.32. The molecular weight excluding hydrogens is 200 g/mol. The maximum absolute atomic E-state index is 10.9. The van der Waals surface area contributed by atoms with Crippen LogP contribution in [-0.2, 0) is 9.59 Å². The Balaban J connectivity index is 2.46. The number of fused-ring (bicyclic) bond motifs is 1. The Bertz CT molecular complexity index is 426. The Hall–Kier alpha value is -2.04. The van der Waals surface area contributed by atoms with Gasteiger partial charge in [0, 0.05) is 5.56 Å². The Kier molecular flexibility index (Phi) is 2.07. The van der Waals surface area contributed by atoms with Crippen molar-refractivity contribution in [3.63, 3.8) is 0 Å². The monoisotopic (exact) mass is 208 g/mol. The standard InChI is InChI=1S/C10H8O5/c11-9(12)7-5-3-1-2-4-6(5)15-8(7)10(13)14/h1-4,7-8H,(H,11,12)(H,13,14). The van der Waals surface area contributed by atoms with E-state index in [9.17, 15) is 9.59 Å². The molecule has 15 heavy (non-hydrogen) atoms. The van der Waals surface area contributed by atoms with E-state index >= 15 is 0 Å². The highest BCUT2D eigenvalue weighted by Crippen LogP contribution is 2.38. The van der Waals surface area contributed by atoms with E-state index in [2.05, 4.69) is 0 Å². The number of ether oxygens (including phenoxy) is 1. The van der Waals surface area contributed by atoms with Gasteiger partial charge in [-0.05, 0) is 6.07 Å². The summed E-state index contributed by atoms with van der Waals surface area (Å²) in [5.41, 5.74) is 0.414. The van der Waals surface area contributed by atoms with Crippen LogP contribution in [0, 0.1) is 0 Å². The first-order valence-electron chi connectivity index (χ1n) is 4.32. The lowest BCUT2D eigenvalue weighted by Gasteiger charge is -2.09. The molecule has 0 aromatic heterocycles. The van der Waals surface area contributed by atoms with Crippen LogP contribution < -0.4 is 4.74 Å². The summed E-state index contributed by atoms with van der Waals surface area (Å²) in [6, 6.07) is 6.45. The molecule has 0 fully saturated rings. The van der Waals surface area contributed by atoms with E-state index in [4.69, 9.17) is 14.9 Å². The van der Waals surface area contributed by atoms with Gasteiger partial charge in [0.15, 0.2) is 0 Å². The minimum absolute atomic E-state index is 0.331. The lowest BCUT2D eigenvalue weighted by molar-refractivity contribution is -0.152. The van der Waals surface area contributed by atoms with Gasteiger partial charge in [0.25, 0.3) is 0 Å². The molecule has 1 heterocycles. The second kappa shape index (κ2) is 3.27. The molecule has 2 atom stereocenters. The number of hydrogen-bond donors (Lipinski definition) is 2. The second-order valence-electron chi connectivity index (χ2n) is 3.23. The van der Waals surface area contributed by atoms with E-state index in [0.717, 1.165) is 0 Å². The van der Waals surface area contributed by atoms with Crippen molar-refractivity contribution < 1.29 is 24.5 Å². The van der Waals surface area contributed by atoms with Gasteiger partial charge in [-0.1, -0.05) is 18.2 Å². The van der Waals surface area contributed by atoms with Crippen LogP contribution in [0.5, 0.6) is 5.75 Å². The van der Waals surface area contributed by atoms with Gasteiger partial charge in [-0.2, -0.15) is 0 Å². The van der Waals surface area contributed by atoms with E-state index in [1.165, 1.54) is 0 Å². The summed E-state index contributed by atoms with van der Waals surface area (Å²) in [5.74, 6) is -3.25. The van der Waals surface area contributed by atoms with Crippen molar-refractivity contribution in [3.8, 4) is 5.75 Å². The number of rotatable bonds is 2. The third-order valence-corrected chi connectivity index (χ3v) is 2.32. The lowest BCUT2D eigenvalue weighted by Crippen LogP contribution is -2.32. The molecule has 0 saturated carbocycles. The van der Waals surface area contributed by atoms with Crippen molar-refractivity contribution in [1.82, 2.24) is 0 Å². The molecule has 1 aliphatic heterocycles. The fourth-order valence-corrected chi connectivity index (χ4v) is 1.67. The van der Waals surface area contributed by atoms with Crippen molar-refractivity contribution in [2.45, 2.75) is 12.0 Å². The highest BCUT2D eigenvalue weighted by atomic mass is 16.5. The van der Waals surface area contributed by atoms with Gasteiger partial charge >= 0.3 is 11.9 Å². The molecule has 2 rings (SSSR count). The first kappa shape index (κ1) is 9.51. The van der Waals surface area contributed by atoms with Crippen LogP contribution in [0.4, 0.5) is 0 Å². The summed E-state index contributed by atoms with van der Waals surface area (Å²) in [4.78, 5) is 21.7. The van der Waals surface area contributed by atoms with E-state index in [0.29, 0.717) is 11.3 Å². The van der Waals surface area contributed by atoms with Crippen LogP contribution >= 0.6 is 0 Å². The predicted molar refractivity (Wildman–Crippen MR) is 48.9 cm³/mol. The Morgan fingerprint density at radius 1 is 1.13 bits per heavy atom. The predicted octanol–water partition coefficient (Wildman–Crippen LogP) is 0.700. The lowest BCUT2D eigenvalue weighted by atomic mass is 9.96. The quantitative estimate of drug-likeness (QED) is 0.747. The molecule has 0 bridgehead atoms. The summed E-state index contributed by atoms with van der Waals surface area (Å²) in [5, 5.41) is 17.8. The third kappa shape index (κ3) is 1.41. The summed E-state index contributed by atoms with van der Waals surface area (Å²) >= 11 is 0. The first-order chi connectivity index (χ1) is 7.11. The fourth-order valence-electron chi connectivity index (χ4n) is 1.67. The molecule has 5 heteroatoms. The molecule has 0 spiro atoms. The molecule has 1 aliphatic rings. The average molecular weight is 208 g/mol. The van der Waals surface area contributed by atoms with E-state index < -0.39 is 24.0 Å². The minimum atomic E-state index is -1.33. The van der Waals surface area contributed by atoms with Gasteiger partial charge in [-0.15, -0.1) is 0 Å². The molecule has 0 saturated heterocycles. The number of benzene rings is 1. The Morgan fingerprint density at radius 3 is 2.40 bits per heavy atom. The highest BCUT2D eigenvalue weighted by Gasteiger charge is 2.43. The molecule has 0 amide bonds. The van der Waals surface area contributed by atoms with Crippen molar-refractivity contribution >= 4 is 11.9 Å². The summed E-state index contributed by atoms with van der Waals surface area (Å²) in [7, 11) is 0. The van der Waals surface area contributed by atoms with Crippen LogP contribution in [0.2, 0.25) is 0 Å². The summed E-state index contributed by atoms with van der Waals surface area (Å²) in [6.07, 6.45) is -1.33. The summed E-state index contributed by atoms with van der Waals surface area (Å²) in [6.45, 7) is 0. The largest absolute Gasteiger partial charge is 0.481 e. The molecule has 0 aliphatic carbocycles. The zero-order valence-electron chi connectivity index (χ0n) is 7.58. The summed E-state index contributed by atoms with van der Waals surface area (Å²) < 4.78 is 5.06. The van der Waals surface area contributed by atoms with Crippen molar-refractivity contribution in [1.29, 1.82) is 0 Å². The van der Waals surface area contributed by atoms with Crippen molar-refractivity contribution in [2.75, 3.05) is 0 Å². The topological polar surface area (TPSA) is 83.8 Å². The van der Waals surface area contributed by atoms with E-state index in [-0.39, 0.29) is 0 Å². The van der Waals surface area contributed by atoms with E-state index in [1.54, 1.807) is 24.3 Å². The molecule has 2 unspecified atom stereocenters. The van der Waals surface area contributed by atoms with Crippen molar-refractivity contribution in [3.05, 3.63) is 29.8 Å². The van der Waals surface area contributed by atoms with Gasteiger partial charge in [0.1, 0.15) is 11.7 Å². The molecular formula is C10H8O5. The Labute approximate surface area is 84.9 Å². The van der Waals surface area contributed by atoms with Crippen LogP contribution in [0.3, 0.4) is 0 Å². The van der Waals surface area contributed by atoms with Gasteiger partial charge in [0.05, 0.1) is 0 Å². The fraction of sp³-hybridized carbons (Fsp3) is 0.200. The molecule has 1 aromatic carbocycles. The number of carboxylic acids is 2. The zero-order chi connectivity index (χ0) is 11.0.